The maximum Gasteiger partial charge on any atom is 0.331 e. The Kier molecular flexibility index (Phi) is 8.44. The summed E-state index contributed by atoms with van der Waals surface area (Å²) in [7, 11) is 1.44. The number of aromatic nitrogens is 1. The number of halogens is 1. The van der Waals surface area contributed by atoms with Crippen molar-refractivity contribution in [3.8, 4) is 17.2 Å². The smallest absolute Gasteiger partial charge is 0.331 e. The van der Waals surface area contributed by atoms with Gasteiger partial charge < -0.3 is 25.0 Å². The van der Waals surface area contributed by atoms with E-state index >= 15 is 0 Å². The Hall–Kier alpha value is -3.45. The van der Waals surface area contributed by atoms with E-state index in [-0.39, 0.29) is 34.7 Å². The first kappa shape index (κ1) is 30.6. The Labute approximate surface area is 265 Å². The van der Waals surface area contributed by atoms with E-state index < -0.39 is 5.54 Å². The third-order valence-electron chi connectivity index (χ3n) is 10.6. The minimum atomic E-state index is -0.886. The van der Waals surface area contributed by atoms with Crippen LogP contribution in [0.3, 0.4) is 0 Å². The lowest BCUT2D eigenvalue weighted by molar-refractivity contribution is -0.148. The molecule has 3 atom stereocenters. The van der Waals surface area contributed by atoms with Crippen LogP contribution in [0.5, 0.6) is 17.2 Å². The van der Waals surface area contributed by atoms with Gasteiger partial charge in [0.1, 0.15) is 11.3 Å². The van der Waals surface area contributed by atoms with Crippen molar-refractivity contribution in [2.45, 2.75) is 88.5 Å². The molecule has 0 bridgehead atoms. The molecule has 234 valence electrons. The number of hydrogen-bond donors (Lipinski definition) is 3. The van der Waals surface area contributed by atoms with Crippen LogP contribution >= 0.6 is 11.6 Å². The molecule has 3 N–H and O–H groups in total. The highest BCUT2D eigenvalue weighted by Gasteiger charge is 2.54. The number of carbonyl (C=O) groups excluding carboxylic acids is 1. The van der Waals surface area contributed by atoms with Gasteiger partial charge in [-0.15, -0.1) is 0 Å². The van der Waals surface area contributed by atoms with E-state index in [1.807, 2.05) is 36.5 Å². The van der Waals surface area contributed by atoms with Crippen molar-refractivity contribution in [3.63, 3.8) is 0 Å². The minimum absolute atomic E-state index is 0.0881. The molecule has 3 aliphatic carbocycles. The number of phenolic OH excluding ortho intramolecular Hbond substituents is 2. The predicted molar refractivity (Wildman–Crippen MR) is 172 cm³/mol. The highest BCUT2D eigenvalue weighted by molar-refractivity contribution is 6.30. The third kappa shape index (κ3) is 5.60. The molecular formula is C36H43ClN2O5. The van der Waals surface area contributed by atoms with Crippen molar-refractivity contribution in [3.05, 3.63) is 76.1 Å². The van der Waals surface area contributed by atoms with Crippen molar-refractivity contribution in [1.82, 2.24) is 4.98 Å². The number of fused-ring (bicyclic) bond motifs is 3. The standard InChI is InChI=1S/C36H43ClN2O5/c1-22(21-44-32-10-15-38-29-9-4-6-23(2)33(29)32)16-25-17-24-18-30(40)31(41)20-28(24)35(25)11-13-36(14-12-35,34(42)43-3)39-27-8-5-7-26(37)19-27/h5,7-8,10,15,18-20,22-23,25,39-41H,4,6,9,11-14,16-17,21H2,1-3H3/t22-,23-,25+,35?,36?/m1/s1. The fourth-order valence-electron chi connectivity index (χ4n) is 8.32. The molecule has 1 spiro atoms. The molecule has 0 radical (unpaired) electrons. The van der Waals surface area contributed by atoms with Gasteiger partial charge in [0.15, 0.2) is 11.5 Å². The topological polar surface area (TPSA) is 101 Å². The lowest BCUT2D eigenvalue weighted by atomic mass is 9.59. The molecular weight excluding hydrogens is 576 g/mol. The van der Waals surface area contributed by atoms with Gasteiger partial charge in [0, 0.05) is 28.2 Å². The second kappa shape index (κ2) is 12.2. The summed E-state index contributed by atoms with van der Waals surface area (Å²) in [4.78, 5) is 17.9. The first-order valence-corrected chi connectivity index (χ1v) is 16.3. The molecule has 1 heterocycles. The number of benzene rings is 2. The number of nitrogens with one attached hydrogen (secondary N) is 1. The molecule has 44 heavy (non-hydrogen) atoms. The number of hydrogen-bond acceptors (Lipinski definition) is 7. The number of methoxy groups -OCH3 is 1. The first-order chi connectivity index (χ1) is 21.1. The summed E-state index contributed by atoms with van der Waals surface area (Å²) >= 11 is 6.26. The van der Waals surface area contributed by atoms with Crippen molar-refractivity contribution in [2.75, 3.05) is 19.0 Å². The largest absolute Gasteiger partial charge is 0.504 e. The van der Waals surface area contributed by atoms with E-state index in [0.29, 0.717) is 30.4 Å². The number of ether oxygens (including phenoxy) is 2. The van der Waals surface area contributed by atoms with Crippen LogP contribution in [0.25, 0.3) is 0 Å². The molecule has 1 aromatic heterocycles. The van der Waals surface area contributed by atoms with E-state index in [4.69, 9.17) is 21.1 Å². The highest BCUT2D eigenvalue weighted by Crippen LogP contribution is 2.57. The Morgan fingerprint density at radius 2 is 1.91 bits per heavy atom. The van der Waals surface area contributed by atoms with Gasteiger partial charge in [0.05, 0.1) is 13.7 Å². The summed E-state index contributed by atoms with van der Waals surface area (Å²) < 4.78 is 11.8. The molecule has 0 amide bonds. The average molecular weight is 619 g/mol. The van der Waals surface area contributed by atoms with Gasteiger partial charge in [-0.05, 0) is 128 Å². The lowest BCUT2D eigenvalue weighted by Crippen LogP contribution is -2.53. The molecule has 2 aromatic carbocycles. The summed E-state index contributed by atoms with van der Waals surface area (Å²) in [5, 5.41) is 25.0. The molecule has 3 aliphatic rings. The number of aromatic hydroxyl groups is 2. The number of carbonyl (C=O) groups is 1. The Morgan fingerprint density at radius 1 is 1.14 bits per heavy atom. The van der Waals surface area contributed by atoms with Gasteiger partial charge in [-0.2, -0.15) is 0 Å². The quantitative estimate of drug-likeness (QED) is 0.176. The average Bonchev–Trinajstić information content (AvgIpc) is 3.28. The van der Waals surface area contributed by atoms with Crippen LogP contribution in [-0.4, -0.2) is 40.4 Å². The second-order valence-electron chi connectivity index (χ2n) is 13.4. The molecule has 0 saturated heterocycles. The molecule has 1 saturated carbocycles. The molecule has 3 aromatic rings. The number of nitrogens with zero attached hydrogens (tertiary/aromatic N) is 1. The molecule has 7 nitrogen and oxygen atoms in total. The zero-order valence-electron chi connectivity index (χ0n) is 25.9. The molecule has 0 aliphatic heterocycles. The minimum Gasteiger partial charge on any atom is -0.504 e. The van der Waals surface area contributed by atoms with Crippen LogP contribution in [0.4, 0.5) is 5.69 Å². The maximum absolute atomic E-state index is 13.3. The Balaban J connectivity index is 1.24. The summed E-state index contributed by atoms with van der Waals surface area (Å²) in [5.74, 6) is 1.47. The van der Waals surface area contributed by atoms with Crippen molar-refractivity contribution in [1.29, 1.82) is 0 Å². The van der Waals surface area contributed by atoms with Gasteiger partial charge in [0.25, 0.3) is 0 Å². The molecule has 1 fully saturated rings. The van der Waals surface area contributed by atoms with Crippen LogP contribution < -0.4 is 10.1 Å². The van der Waals surface area contributed by atoms with Crippen LogP contribution in [0.1, 0.15) is 87.1 Å². The number of rotatable bonds is 8. The van der Waals surface area contributed by atoms with E-state index in [2.05, 4.69) is 24.1 Å². The SMILES string of the molecule is COC(=O)C1(Nc2cccc(Cl)c2)CCC2(CC1)c1cc(O)c(O)cc1C[C@@H]2C[C@@H](C)COc1ccnc2c1[C@H](C)CCC2. The third-order valence-corrected chi connectivity index (χ3v) is 10.8. The predicted octanol–water partition coefficient (Wildman–Crippen LogP) is 7.70. The maximum atomic E-state index is 13.3. The van der Waals surface area contributed by atoms with Crippen LogP contribution in [0.2, 0.25) is 5.02 Å². The van der Waals surface area contributed by atoms with E-state index in [1.165, 1.54) is 24.8 Å². The first-order valence-electron chi connectivity index (χ1n) is 15.9. The van der Waals surface area contributed by atoms with Gasteiger partial charge in [-0.25, -0.2) is 4.79 Å². The molecule has 8 heteroatoms. The Bertz CT molecular complexity index is 1530. The van der Waals surface area contributed by atoms with Crippen molar-refractivity contribution >= 4 is 23.3 Å². The molecule has 6 rings (SSSR count). The van der Waals surface area contributed by atoms with Gasteiger partial charge >= 0.3 is 5.97 Å². The van der Waals surface area contributed by atoms with E-state index in [0.717, 1.165) is 61.1 Å². The number of phenols is 2. The van der Waals surface area contributed by atoms with E-state index in [9.17, 15) is 15.0 Å². The van der Waals surface area contributed by atoms with E-state index in [1.54, 1.807) is 12.1 Å². The monoisotopic (exact) mass is 618 g/mol. The lowest BCUT2D eigenvalue weighted by Gasteiger charge is -2.47. The number of esters is 1. The van der Waals surface area contributed by atoms with Crippen molar-refractivity contribution in [2.24, 2.45) is 11.8 Å². The molecule has 0 unspecified atom stereocenters. The zero-order valence-corrected chi connectivity index (χ0v) is 26.6. The summed E-state index contributed by atoms with van der Waals surface area (Å²) in [6.45, 7) is 5.11. The Morgan fingerprint density at radius 3 is 2.66 bits per heavy atom. The summed E-state index contributed by atoms with van der Waals surface area (Å²) in [6, 6.07) is 12.9. The normalized spacial score (nSPS) is 26.5. The number of pyridine rings is 1. The van der Waals surface area contributed by atoms with Crippen LogP contribution in [0.15, 0.2) is 48.7 Å². The fourth-order valence-corrected chi connectivity index (χ4v) is 8.51. The summed E-state index contributed by atoms with van der Waals surface area (Å²) in [6.07, 6.45) is 9.54. The summed E-state index contributed by atoms with van der Waals surface area (Å²) in [5.41, 5.74) is 4.24. The zero-order chi connectivity index (χ0) is 31.1. The van der Waals surface area contributed by atoms with Crippen LogP contribution in [0, 0.1) is 11.8 Å². The fraction of sp³-hybridized carbons (Fsp3) is 0.500. The van der Waals surface area contributed by atoms with Crippen molar-refractivity contribution < 1.29 is 24.5 Å². The second-order valence-corrected chi connectivity index (χ2v) is 13.8. The van der Waals surface area contributed by atoms with Crippen LogP contribution in [-0.2, 0) is 27.8 Å². The van der Waals surface area contributed by atoms with Gasteiger partial charge in [-0.1, -0.05) is 31.5 Å². The number of anilines is 1. The van der Waals surface area contributed by atoms with Gasteiger partial charge in [0.2, 0.25) is 0 Å². The highest BCUT2D eigenvalue weighted by atomic mass is 35.5. The van der Waals surface area contributed by atoms with Gasteiger partial charge in [-0.3, -0.25) is 4.98 Å². The number of aryl methyl sites for hydroxylation is 1.